The standard InChI is InChI=1S/C27H24ClNO5/c1-15-9-11-17(12-10-15)29-24(18-8-6-5-7-16(18)2)23(26(31)27(29)32)25(30)19-13-22(34-4)20(28)14-21(19)33-3/h5-14,24,30H,1-4H3/b25-23+. The highest BCUT2D eigenvalue weighted by Crippen LogP contribution is 2.45. The van der Waals surface area contributed by atoms with Crippen LogP contribution in [0.4, 0.5) is 5.69 Å². The molecule has 1 amide bonds. The van der Waals surface area contributed by atoms with Gasteiger partial charge < -0.3 is 14.6 Å². The van der Waals surface area contributed by atoms with Crippen LogP contribution in [-0.4, -0.2) is 31.0 Å². The lowest BCUT2D eigenvalue weighted by atomic mass is 9.92. The number of amides is 1. The molecular formula is C27H24ClNO5. The molecule has 0 bridgehead atoms. The summed E-state index contributed by atoms with van der Waals surface area (Å²) in [6.45, 7) is 3.84. The van der Waals surface area contributed by atoms with Crippen molar-refractivity contribution in [3.63, 3.8) is 0 Å². The molecule has 3 aromatic carbocycles. The molecule has 1 aliphatic rings. The minimum atomic E-state index is -0.838. The fourth-order valence-corrected chi connectivity index (χ4v) is 4.41. The number of aliphatic hydroxyl groups is 1. The van der Waals surface area contributed by atoms with Gasteiger partial charge in [0.2, 0.25) is 0 Å². The van der Waals surface area contributed by atoms with E-state index in [1.54, 1.807) is 12.1 Å². The number of methoxy groups -OCH3 is 2. The summed E-state index contributed by atoms with van der Waals surface area (Å²) in [6, 6.07) is 16.9. The molecule has 0 aromatic heterocycles. The number of ether oxygens (including phenoxy) is 2. The molecule has 0 saturated carbocycles. The van der Waals surface area contributed by atoms with Gasteiger partial charge in [-0.3, -0.25) is 14.5 Å². The molecule has 34 heavy (non-hydrogen) atoms. The van der Waals surface area contributed by atoms with Crippen LogP contribution in [0.25, 0.3) is 5.76 Å². The third-order valence-electron chi connectivity index (χ3n) is 5.97. The number of hydrogen-bond acceptors (Lipinski definition) is 5. The number of carbonyl (C=O) groups is 2. The minimum Gasteiger partial charge on any atom is -0.507 e. The van der Waals surface area contributed by atoms with Crippen molar-refractivity contribution in [2.24, 2.45) is 0 Å². The Morgan fingerprint density at radius 3 is 2.21 bits per heavy atom. The van der Waals surface area contributed by atoms with Gasteiger partial charge in [0.25, 0.3) is 11.7 Å². The number of Topliss-reactive ketones (excluding diaryl/α,β-unsaturated/α-hetero) is 1. The minimum absolute atomic E-state index is 0.0393. The highest BCUT2D eigenvalue weighted by molar-refractivity contribution is 6.51. The van der Waals surface area contributed by atoms with Crippen molar-refractivity contribution >= 4 is 34.7 Å². The van der Waals surface area contributed by atoms with Crippen LogP contribution < -0.4 is 14.4 Å². The molecule has 1 heterocycles. The van der Waals surface area contributed by atoms with E-state index >= 15 is 0 Å². The van der Waals surface area contributed by atoms with Gasteiger partial charge in [-0.05, 0) is 43.2 Å². The van der Waals surface area contributed by atoms with Gasteiger partial charge in [0.05, 0.1) is 36.4 Å². The predicted octanol–water partition coefficient (Wildman–Crippen LogP) is 5.60. The number of benzene rings is 3. The highest BCUT2D eigenvalue weighted by atomic mass is 35.5. The molecule has 4 rings (SSSR count). The number of nitrogens with zero attached hydrogens (tertiary/aromatic N) is 1. The third-order valence-corrected chi connectivity index (χ3v) is 6.26. The Kier molecular flexibility index (Phi) is 6.35. The van der Waals surface area contributed by atoms with E-state index in [9.17, 15) is 14.7 Å². The van der Waals surface area contributed by atoms with Crippen LogP contribution in [0.3, 0.4) is 0 Å². The van der Waals surface area contributed by atoms with Crippen LogP contribution in [-0.2, 0) is 9.59 Å². The van der Waals surface area contributed by atoms with Crippen molar-refractivity contribution in [1.82, 2.24) is 0 Å². The maximum atomic E-state index is 13.4. The van der Waals surface area contributed by atoms with E-state index in [0.29, 0.717) is 11.4 Å². The van der Waals surface area contributed by atoms with Crippen molar-refractivity contribution in [1.29, 1.82) is 0 Å². The summed E-state index contributed by atoms with van der Waals surface area (Å²) in [5, 5.41) is 11.7. The topological polar surface area (TPSA) is 76.1 Å². The molecular weight excluding hydrogens is 454 g/mol. The van der Waals surface area contributed by atoms with Crippen LogP contribution in [0.15, 0.2) is 66.2 Å². The lowest BCUT2D eigenvalue weighted by molar-refractivity contribution is -0.132. The first-order valence-corrected chi connectivity index (χ1v) is 11.0. The van der Waals surface area contributed by atoms with E-state index in [2.05, 4.69) is 0 Å². The smallest absolute Gasteiger partial charge is 0.300 e. The van der Waals surface area contributed by atoms with Crippen LogP contribution in [0.2, 0.25) is 5.02 Å². The molecule has 0 radical (unpaired) electrons. The maximum absolute atomic E-state index is 13.4. The summed E-state index contributed by atoms with van der Waals surface area (Å²) >= 11 is 6.23. The van der Waals surface area contributed by atoms with Crippen LogP contribution in [0, 0.1) is 13.8 Å². The Labute approximate surface area is 203 Å². The van der Waals surface area contributed by atoms with Gasteiger partial charge in [-0.1, -0.05) is 53.6 Å². The van der Waals surface area contributed by atoms with Crippen molar-refractivity contribution in [2.75, 3.05) is 19.1 Å². The van der Waals surface area contributed by atoms with Crippen molar-refractivity contribution < 1.29 is 24.2 Å². The third kappa shape index (κ3) is 3.90. The number of anilines is 1. The van der Waals surface area contributed by atoms with Gasteiger partial charge >= 0.3 is 0 Å². The van der Waals surface area contributed by atoms with Crippen LogP contribution in [0.1, 0.15) is 28.3 Å². The molecule has 1 unspecified atom stereocenters. The fourth-order valence-electron chi connectivity index (χ4n) is 4.18. The second-order valence-corrected chi connectivity index (χ2v) is 8.46. The number of rotatable bonds is 5. The Balaban J connectivity index is 2.01. The molecule has 0 aliphatic carbocycles. The molecule has 0 spiro atoms. The van der Waals surface area contributed by atoms with E-state index in [4.69, 9.17) is 21.1 Å². The average Bonchev–Trinajstić information content (AvgIpc) is 3.09. The molecule has 1 fully saturated rings. The van der Waals surface area contributed by atoms with Crippen LogP contribution in [0.5, 0.6) is 11.5 Å². The molecule has 1 N–H and O–H groups in total. The van der Waals surface area contributed by atoms with E-state index in [0.717, 1.165) is 16.7 Å². The largest absolute Gasteiger partial charge is 0.507 e. The van der Waals surface area contributed by atoms with Gasteiger partial charge in [0.15, 0.2) is 0 Å². The molecule has 174 valence electrons. The summed E-state index contributed by atoms with van der Waals surface area (Å²) < 4.78 is 10.7. The lowest BCUT2D eigenvalue weighted by Gasteiger charge is -2.27. The SMILES string of the molecule is COc1cc(/C(O)=C2\C(=O)C(=O)N(c3ccc(C)cc3)C2c2ccccc2C)c(OC)cc1Cl. The number of aryl methyl sites for hydroxylation is 2. The first-order valence-electron chi connectivity index (χ1n) is 10.6. The van der Waals surface area contributed by atoms with Gasteiger partial charge in [-0.25, -0.2) is 0 Å². The summed E-state index contributed by atoms with van der Waals surface area (Å²) in [5.74, 6) is -1.34. The van der Waals surface area contributed by atoms with Gasteiger partial charge in [0.1, 0.15) is 17.3 Å². The number of hydrogen-bond donors (Lipinski definition) is 1. The zero-order valence-electron chi connectivity index (χ0n) is 19.3. The molecule has 1 saturated heterocycles. The van der Waals surface area contributed by atoms with E-state index in [1.807, 2.05) is 50.2 Å². The number of carbonyl (C=O) groups excluding carboxylic acids is 2. The van der Waals surface area contributed by atoms with E-state index in [1.165, 1.54) is 31.3 Å². The normalized spacial score (nSPS) is 17.2. The zero-order valence-corrected chi connectivity index (χ0v) is 20.0. The highest BCUT2D eigenvalue weighted by Gasteiger charge is 2.47. The second-order valence-electron chi connectivity index (χ2n) is 8.05. The Morgan fingerprint density at radius 1 is 0.941 bits per heavy atom. The predicted molar refractivity (Wildman–Crippen MR) is 132 cm³/mol. The Morgan fingerprint density at radius 2 is 1.59 bits per heavy atom. The zero-order chi connectivity index (χ0) is 24.6. The number of halogens is 1. The molecule has 1 aliphatic heterocycles. The second kappa shape index (κ2) is 9.23. The average molecular weight is 478 g/mol. The van der Waals surface area contributed by atoms with Gasteiger partial charge in [-0.2, -0.15) is 0 Å². The summed E-state index contributed by atoms with van der Waals surface area (Å²) in [5.41, 5.74) is 3.33. The number of aliphatic hydroxyl groups excluding tert-OH is 1. The summed E-state index contributed by atoms with van der Waals surface area (Å²) in [6.07, 6.45) is 0. The van der Waals surface area contributed by atoms with Crippen molar-refractivity contribution in [3.05, 3.63) is 93.5 Å². The number of ketones is 1. The van der Waals surface area contributed by atoms with Gasteiger partial charge in [-0.15, -0.1) is 0 Å². The summed E-state index contributed by atoms with van der Waals surface area (Å²) in [4.78, 5) is 28.1. The Bertz CT molecular complexity index is 1310. The van der Waals surface area contributed by atoms with Gasteiger partial charge in [0, 0.05) is 11.8 Å². The van der Waals surface area contributed by atoms with Crippen molar-refractivity contribution in [3.8, 4) is 11.5 Å². The maximum Gasteiger partial charge on any atom is 0.300 e. The molecule has 1 atom stereocenters. The quantitative estimate of drug-likeness (QED) is 0.294. The summed E-state index contributed by atoms with van der Waals surface area (Å²) in [7, 11) is 2.87. The first kappa shape index (κ1) is 23.4. The monoisotopic (exact) mass is 477 g/mol. The van der Waals surface area contributed by atoms with Crippen molar-refractivity contribution in [2.45, 2.75) is 19.9 Å². The van der Waals surface area contributed by atoms with E-state index < -0.39 is 17.7 Å². The lowest BCUT2D eigenvalue weighted by Crippen LogP contribution is -2.29. The first-order chi connectivity index (χ1) is 16.3. The van der Waals surface area contributed by atoms with Crippen LogP contribution >= 0.6 is 11.6 Å². The molecule has 6 nitrogen and oxygen atoms in total. The molecule has 7 heteroatoms. The fraction of sp³-hybridized carbons (Fsp3) is 0.185. The molecule has 3 aromatic rings. The Hall–Kier alpha value is -3.77. The van der Waals surface area contributed by atoms with E-state index in [-0.39, 0.29) is 27.7 Å².